The Labute approximate surface area is 122 Å². The first kappa shape index (κ1) is 13.8. The minimum Gasteiger partial charge on any atom is -0.439 e. The van der Waals surface area contributed by atoms with Crippen LogP contribution in [0.2, 0.25) is 5.02 Å². The molecule has 1 aromatic carbocycles. The van der Waals surface area contributed by atoms with E-state index in [1.807, 2.05) is 19.1 Å². The van der Waals surface area contributed by atoms with Crippen molar-refractivity contribution in [3.05, 3.63) is 52.7 Å². The molecule has 0 aliphatic rings. The topological polar surface area (TPSA) is 48.1 Å². The van der Waals surface area contributed by atoms with Crippen LogP contribution in [-0.4, -0.2) is 9.97 Å². The quantitative estimate of drug-likeness (QED) is 0.873. The van der Waals surface area contributed by atoms with E-state index in [-0.39, 0.29) is 0 Å². The van der Waals surface area contributed by atoms with Crippen molar-refractivity contribution in [2.45, 2.75) is 13.3 Å². The molecule has 0 radical (unpaired) electrons. The fraction of sp³-hybridized carbons (Fsp3) is 0.143. The molecule has 3 nitrogen and oxygen atoms in total. The molecule has 1 heterocycles. The molecule has 0 saturated carbocycles. The third-order valence-electron chi connectivity index (χ3n) is 2.64. The van der Waals surface area contributed by atoms with Crippen LogP contribution in [0.15, 0.2) is 36.5 Å². The number of rotatable bonds is 4. The molecule has 2 rings (SSSR count). The van der Waals surface area contributed by atoms with Gasteiger partial charge < -0.3 is 10.5 Å². The molecule has 2 aromatic rings. The summed E-state index contributed by atoms with van der Waals surface area (Å²) in [5.41, 5.74) is 7.33. The summed E-state index contributed by atoms with van der Waals surface area (Å²) in [6, 6.07) is 8.97. The Bertz CT molecular complexity index is 616. The lowest BCUT2D eigenvalue weighted by molar-refractivity contribution is 0.462. The zero-order valence-electron chi connectivity index (χ0n) is 10.4. The summed E-state index contributed by atoms with van der Waals surface area (Å²) in [5.74, 6) is 1.14. The van der Waals surface area contributed by atoms with Gasteiger partial charge in [0.1, 0.15) is 10.7 Å². The number of ether oxygens (including phenoxy) is 1. The maximum absolute atomic E-state index is 6.06. The molecule has 98 valence electrons. The first-order valence-electron chi connectivity index (χ1n) is 5.82. The van der Waals surface area contributed by atoms with E-state index in [2.05, 4.69) is 4.98 Å². The Hall–Kier alpha value is -1.65. The zero-order chi connectivity index (χ0) is 13.8. The molecule has 19 heavy (non-hydrogen) atoms. The average molecular weight is 293 g/mol. The van der Waals surface area contributed by atoms with E-state index < -0.39 is 0 Å². The monoisotopic (exact) mass is 292 g/mol. The molecule has 0 atom stereocenters. The number of aromatic nitrogens is 1. The summed E-state index contributed by atoms with van der Waals surface area (Å²) >= 11 is 11.0. The molecule has 0 saturated heterocycles. The van der Waals surface area contributed by atoms with Gasteiger partial charge in [0, 0.05) is 22.8 Å². The summed E-state index contributed by atoms with van der Waals surface area (Å²) in [7, 11) is 0. The Kier molecular flexibility index (Phi) is 4.35. The van der Waals surface area contributed by atoms with Crippen LogP contribution in [0, 0.1) is 0 Å². The van der Waals surface area contributed by atoms with Gasteiger partial charge >= 0.3 is 0 Å². The van der Waals surface area contributed by atoms with Crippen molar-refractivity contribution in [3.8, 4) is 11.6 Å². The lowest BCUT2D eigenvalue weighted by Crippen LogP contribution is -2.09. The number of pyridine rings is 1. The Morgan fingerprint density at radius 2 is 2.16 bits per heavy atom. The van der Waals surface area contributed by atoms with Crippen LogP contribution >= 0.6 is 23.8 Å². The minimum absolute atomic E-state index is 0.317. The highest BCUT2D eigenvalue weighted by Crippen LogP contribution is 2.26. The first-order chi connectivity index (χ1) is 9.10. The van der Waals surface area contributed by atoms with Crippen molar-refractivity contribution in [1.29, 1.82) is 0 Å². The predicted molar refractivity (Wildman–Crippen MR) is 81.0 cm³/mol. The van der Waals surface area contributed by atoms with Gasteiger partial charge in [0.05, 0.1) is 0 Å². The number of hydrogen-bond donors (Lipinski definition) is 1. The third-order valence-corrected chi connectivity index (χ3v) is 3.24. The summed E-state index contributed by atoms with van der Waals surface area (Å²) in [4.78, 5) is 4.44. The highest BCUT2D eigenvalue weighted by Gasteiger charge is 2.05. The SMILES string of the molecule is CCc1cc(Oc2cc(C(N)=S)ccn2)ccc1Cl. The number of benzene rings is 1. The fourth-order valence-electron chi connectivity index (χ4n) is 1.62. The largest absolute Gasteiger partial charge is 0.439 e. The summed E-state index contributed by atoms with van der Waals surface area (Å²) in [6.45, 7) is 2.04. The van der Waals surface area contributed by atoms with Gasteiger partial charge in [0.15, 0.2) is 0 Å². The lowest BCUT2D eigenvalue weighted by Gasteiger charge is -2.08. The van der Waals surface area contributed by atoms with E-state index in [0.29, 0.717) is 16.6 Å². The molecule has 1 aromatic heterocycles. The van der Waals surface area contributed by atoms with E-state index in [1.165, 1.54) is 0 Å². The average Bonchev–Trinajstić information content (AvgIpc) is 2.41. The van der Waals surface area contributed by atoms with E-state index in [1.54, 1.807) is 24.4 Å². The van der Waals surface area contributed by atoms with Gasteiger partial charge in [-0.15, -0.1) is 0 Å². The van der Waals surface area contributed by atoms with E-state index in [9.17, 15) is 0 Å². The minimum atomic E-state index is 0.317. The second-order valence-electron chi connectivity index (χ2n) is 3.96. The van der Waals surface area contributed by atoms with Crippen LogP contribution in [0.1, 0.15) is 18.1 Å². The number of aryl methyl sites for hydroxylation is 1. The fourth-order valence-corrected chi connectivity index (χ4v) is 2.00. The van der Waals surface area contributed by atoms with Gasteiger partial charge in [-0.05, 0) is 36.2 Å². The number of nitrogens with zero attached hydrogens (tertiary/aromatic N) is 1. The van der Waals surface area contributed by atoms with Crippen molar-refractivity contribution in [2.75, 3.05) is 0 Å². The highest BCUT2D eigenvalue weighted by molar-refractivity contribution is 7.80. The zero-order valence-corrected chi connectivity index (χ0v) is 12.0. The number of hydrogen-bond acceptors (Lipinski definition) is 3. The second kappa shape index (κ2) is 5.99. The smallest absolute Gasteiger partial charge is 0.219 e. The molecule has 2 N–H and O–H groups in total. The molecule has 0 spiro atoms. The van der Waals surface area contributed by atoms with E-state index in [0.717, 1.165) is 22.6 Å². The predicted octanol–water partition coefficient (Wildman–Crippen LogP) is 3.72. The van der Waals surface area contributed by atoms with Gasteiger partial charge in [-0.3, -0.25) is 0 Å². The van der Waals surface area contributed by atoms with E-state index >= 15 is 0 Å². The molecule has 0 aliphatic heterocycles. The van der Waals surface area contributed by atoms with Crippen LogP contribution in [0.3, 0.4) is 0 Å². The van der Waals surface area contributed by atoms with Crippen LogP contribution < -0.4 is 10.5 Å². The number of thiocarbonyl (C=S) groups is 1. The molecule has 0 fully saturated rings. The normalized spacial score (nSPS) is 10.2. The summed E-state index contributed by atoms with van der Waals surface area (Å²) in [6.07, 6.45) is 2.46. The van der Waals surface area contributed by atoms with Crippen LogP contribution in [0.4, 0.5) is 0 Å². The van der Waals surface area contributed by atoms with Crippen molar-refractivity contribution in [1.82, 2.24) is 4.98 Å². The highest BCUT2D eigenvalue weighted by atomic mass is 35.5. The maximum atomic E-state index is 6.06. The Balaban J connectivity index is 2.26. The van der Waals surface area contributed by atoms with Crippen molar-refractivity contribution in [2.24, 2.45) is 5.73 Å². The van der Waals surface area contributed by atoms with Crippen molar-refractivity contribution >= 4 is 28.8 Å². The third kappa shape index (κ3) is 3.43. The molecular weight excluding hydrogens is 280 g/mol. The molecule has 0 amide bonds. The number of nitrogens with two attached hydrogens (primary N) is 1. The van der Waals surface area contributed by atoms with Crippen LogP contribution in [0.25, 0.3) is 0 Å². The van der Waals surface area contributed by atoms with Gasteiger partial charge in [-0.2, -0.15) is 0 Å². The molecule has 5 heteroatoms. The van der Waals surface area contributed by atoms with Gasteiger partial charge in [0.2, 0.25) is 5.88 Å². The lowest BCUT2D eigenvalue weighted by atomic mass is 10.1. The molecule has 0 unspecified atom stereocenters. The first-order valence-corrected chi connectivity index (χ1v) is 6.61. The molecule has 0 bridgehead atoms. The standard InChI is InChI=1S/C14H13ClN2OS/c1-2-9-7-11(3-4-12(9)15)18-13-8-10(14(16)19)5-6-17-13/h3-8H,2H2,1H3,(H2,16,19). The maximum Gasteiger partial charge on any atom is 0.219 e. The Morgan fingerprint density at radius 1 is 1.37 bits per heavy atom. The van der Waals surface area contributed by atoms with Crippen LogP contribution in [-0.2, 0) is 6.42 Å². The van der Waals surface area contributed by atoms with E-state index in [4.69, 9.17) is 34.3 Å². The van der Waals surface area contributed by atoms with Gasteiger partial charge in [0.25, 0.3) is 0 Å². The second-order valence-corrected chi connectivity index (χ2v) is 4.80. The number of halogens is 1. The van der Waals surface area contributed by atoms with Crippen LogP contribution in [0.5, 0.6) is 11.6 Å². The van der Waals surface area contributed by atoms with Gasteiger partial charge in [-0.1, -0.05) is 30.7 Å². The molecular formula is C14H13ClN2OS. The molecule has 0 aliphatic carbocycles. The van der Waals surface area contributed by atoms with Gasteiger partial charge in [-0.25, -0.2) is 4.98 Å². The summed E-state index contributed by atoms with van der Waals surface area (Å²) < 4.78 is 5.68. The summed E-state index contributed by atoms with van der Waals surface area (Å²) in [5, 5.41) is 0.736. The van der Waals surface area contributed by atoms with Crippen molar-refractivity contribution in [3.63, 3.8) is 0 Å². The van der Waals surface area contributed by atoms with Crippen molar-refractivity contribution < 1.29 is 4.74 Å². The Morgan fingerprint density at radius 3 is 2.84 bits per heavy atom.